The first-order valence-corrected chi connectivity index (χ1v) is 10.6. The molecule has 2 aromatic heterocycles. The molecule has 0 radical (unpaired) electrons. The standard InChI is InChI=1S/C18H20BrN5OS/c1-10-4-3-5-11(2)24(10)15(25)9-26-18-21-17-16(22-23-18)13-8-12(19)6-7-14(13)20-17/h6-8,10-11H,3-5,9H2,1-2H3,(H,20,21,23). The second-order valence-electron chi connectivity index (χ2n) is 6.83. The highest BCUT2D eigenvalue weighted by atomic mass is 79.9. The minimum absolute atomic E-state index is 0.152. The van der Waals surface area contributed by atoms with Gasteiger partial charge in [0, 0.05) is 27.5 Å². The third kappa shape index (κ3) is 3.32. The number of thioether (sulfide) groups is 1. The summed E-state index contributed by atoms with van der Waals surface area (Å²) in [5.41, 5.74) is 2.41. The number of carbonyl (C=O) groups excluding carboxylic acids is 1. The summed E-state index contributed by atoms with van der Waals surface area (Å²) in [4.78, 5) is 22.5. The maximum Gasteiger partial charge on any atom is 0.233 e. The molecule has 1 aliphatic rings. The van der Waals surface area contributed by atoms with Gasteiger partial charge < -0.3 is 9.88 Å². The van der Waals surface area contributed by atoms with Gasteiger partial charge in [0.25, 0.3) is 0 Å². The highest BCUT2D eigenvalue weighted by Crippen LogP contribution is 2.27. The van der Waals surface area contributed by atoms with Gasteiger partial charge in [-0.2, -0.15) is 0 Å². The van der Waals surface area contributed by atoms with Crippen LogP contribution in [0.3, 0.4) is 0 Å². The number of benzene rings is 1. The number of H-pyrrole nitrogens is 1. The Hall–Kier alpha value is -1.67. The number of halogens is 1. The molecule has 1 N–H and O–H groups in total. The number of amides is 1. The summed E-state index contributed by atoms with van der Waals surface area (Å²) in [6.07, 6.45) is 3.35. The van der Waals surface area contributed by atoms with Crippen molar-refractivity contribution in [2.45, 2.75) is 50.4 Å². The third-order valence-corrected chi connectivity index (χ3v) is 6.28. The fourth-order valence-corrected chi connectivity index (χ4v) is 4.72. The quantitative estimate of drug-likeness (QED) is 0.627. The first kappa shape index (κ1) is 17.7. The van der Waals surface area contributed by atoms with Crippen molar-refractivity contribution in [3.63, 3.8) is 0 Å². The van der Waals surface area contributed by atoms with Crippen molar-refractivity contribution in [1.29, 1.82) is 0 Å². The highest BCUT2D eigenvalue weighted by molar-refractivity contribution is 9.10. The van der Waals surface area contributed by atoms with E-state index in [4.69, 9.17) is 0 Å². The Morgan fingerprint density at radius 3 is 2.85 bits per heavy atom. The van der Waals surface area contributed by atoms with Gasteiger partial charge in [0.2, 0.25) is 11.1 Å². The summed E-state index contributed by atoms with van der Waals surface area (Å²) in [5.74, 6) is 0.493. The van der Waals surface area contributed by atoms with E-state index in [9.17, 15) is 4.79 Å². The lowest BCUT2D eigenvalue weighted by Crippen LogP contribution is -2.48. The molecule has 3 heterocycles. The first-order chi connectivity index (χ1) is 12.5. The Bertz CT molecular complexity index is 965. The van der Waals surface area contributed by atoms with Crippen LogP contribution in [0.25, 0.3) is 22.1 Å². The van der Waals surface area contributed by atoms with Gasteiger partial charge in [-0.05, 0) is 51.3 Å². The van der Waals surface area contributed by atoms with Gasteiger partial charge in [0.1, 0.15) is 5.52 Å². The van der Waals surface area contributed by atoms with Gasteiger partial charge in [-0.3, -0.25) is 4.79 Å². The average molecular weight is 434 g/mol. The van der Waals surface area contributed by atoms with Gasteiger partial charge >= 0.3 is 0 Å². The Kier molecular flexibility index (Phi) is 4.88. The van der Waals surface area contributed by atoms with Crippen LogP contribution in [0.15, 0.2) is 27.8 Å². The second kappa shape index (κ2) is 7.15. The summed E-state index contributed by atoms with van der Waals surface area (Å²) in [6.45, 7) is 4.26. The van der Waals surface area contributed by atoms with Crippen LogP contribution in [0, 0.1) is 0 Å². The number of carbonyl (C=O) groups is 1. The first-order valence-electron chi connectivity index (χ1n) is 8.78. The van der Waals surface area contributed by atoms with Crippen molar-refractivity contribution in [3.8, 4) is 0 Å². The van der Waals surface area contributed by atoms with E-state index in [1.54, 1.807) is 0 Å². The van der Waals surface area contributed by atoms with Crippen molar-refractivity contribution < 1.29 is 4.79 Å². The Labute approximate surface area is 164 Å². The van der Waals surface area contributed by atoms with Crippen LogP contribution >= 0.6 is 27.7 Å². The molecule has 0 aliphatic carbocycles. The molecule has 4 rings (SSSR count). The van der Waals surface area contributed by atoms with Crippen molar-refractivity contribution >= 4 is 55.7 Å². The van der Waals surface area contributed by atoms with Crippen LogP contribution in [-0.2, 0) is 4.79 Å². The van der Waals surface area contributed by atoms with E-state index in [1.807, 2.05) is 23.1 Å². The Morgan fingerprint density at radius 1 is 1.31 bits per heavy atom. The number of hydrogen-bond donors (Lipinski definition) is 1. The van der Waals surface area contributed by atoms with Crippen LogP contribution in [0.4, 0.5) is 0 Å². The normalized spacial score (nSPS) is 20.8. The van der Waals surface area contributed by atoms with Gasteiger partial charge in [0.15, 0.2) is 5.65 Å². The summed E-state index contributed by atoms with van der Waals surface area (Å²) in [7, 11) is 0. The third-order valence-electron chi connectivity index (χ3n) is 4.96. The minimum atomic E-state index is 0.152. The molecule has 3 aromatic rings. The fraction of sp³-hybridized carbons (Fsp3) is 0.444. The number of nitrogens with one attached hydrogen (secondary N) is 1. The van der Waals surface area contributed by atoms with Crippen LogP contribution in [0.5, 0.6) is 0 Å². The van der Waals surface area contributed by atoms with E-state index >= 15 is 0 Å². The van der Waals surface area contributed by atoms with E-state index in [1.165, 1.54) is 18.2 Å². The number of rotatable bonds is 3. The monoisotopic (exact) mass is 433 g/mol. The number of piperidine rings is 1. The van der Waals surface area contributed by atoms with Crippen molar-refractivity contribution in [3.05, 3.63) is 22.7 Å². The molecule has 26 heavy (non-hydrogen) atoms. The molecule has 8 heteroatoms. The predicted octanol–water partition coefficient (Wildman–Crippen LogP) is 4.15. The lowest BCUT2D eigenvalue weighted by molar-refractivity contribution is -0.134. The van der Waals surface area contributed by atoms with Crippen LogP contribution in [0.2, 0.25) is 0 Å². The molecule has 2 atom stereocenters. The summed E-state index contributed by atoms with van der Waals surface area (Å²) in [6, 6.07) is 6.57. The molecule has 136 valence electrons. The van der Waals surface area contributed by atoms with E-state index in [2.05, 4.69) is 49.9 Å². The molecule has 1 aliphatic heterocycles. The summed E-state index contributed by atoms with van der Waals surface area (Å²) >= 11 is 4.83. The average Bonchev–Trinajstić information content (AvgIpc) is 2.97. The molecule has 0 spiro atoms. The zero-order valence-corrected chi connectivity index (χ0v) is 17.1. The molecule has 6 nitrogen and oxygen atoms in total. The minimum Gasteiger partial charge on any atom is -0.338 e. The van der Waals surface area contributed by atoms with Crippen LogP contribution in [0.1, 0.15) is 33.1 Å². The molecule has 1 saturated heterocycles. The van der Waals surface area contributed by atoms with Crippen molar-refractivity contribution in [1.82, 2.24) is 25.1 Å². The largest absolute Gasteiger partial charge is 0.338 e. The number of aromatic nitrogens is 4. The predicted molar refractivity (Wildman–Crippen MR) is 107 cm³/mol. The maximum absolute atomic E-state index is 12.7. The SMILES string of the molecule is CC1CCCC(C)N1C(=O)CSc1nnc2c(n1)[nH]c1ccc(Br)cc12. The highest BCUT2D eigenvalue weighted by Gasteiger charge is 2.28. The summed E-state index contributed by atoms with van der Waals surface area (Å²) in [5, 5.41) is 10.0. The lowest BCUT2D eigenvalue weighted by Gasteiger charge is -2.39. The van der Waals surface area contributed by atoms with E-state index in [0.717, 1.165) is 33.7 Å². The zero-order valence-electron chi connectivity index (χ0n) is 14.7. The van der Waals surface area contributed by atoms with Crippen molar-refractivity contribution in [2.75, 3.05) is 5.75 Å². The van der Waals surface area contributed by atoms with E-state index in [0.29, 0.717) is 28.6 Å². The molecule has 2 unspecified atom stereocenters. The molecule has 1 amide bonds. The molecule has 1 aromatic carbocycles. The van der Waals surface area contributed by atoms with Crippen molar-refractivity contribution in [2.24, 2.45) is 0 Å². The number of aromatic amines is 1. The molecular weight excluding hydrogens is 414 g/mol. The fourth-order valence-electron chi connectivity index (χ4n) is 3.70. The summed E-state index contributed by atoms with van der Waals surface area (Å²) < 4.78 is 0.988. The number of fused-ring (bicyclic) bond motifs is 3. The Balaban J connectivity index is 1.52. The molecular formula is C18H20BrN5OS. The number of likely N-dealkylation sites (tertiary alicyclic amines) is 1. The maximum atomic E-state index is 12.7. The zero-order chi connectivity index (χ0) is 18.3. The Morgan fingerprint density at radius 2 is 2.08 bits per heavy atom. The number of hydrogen-bond acceptors (Lipinski definition) is 5. The second-order valence-corrected chi connectivity index (χ2v) is 8.68. The molecule has 0 saturated carbocycles. The van der Waals surface area contributed by atoms with Crippen LogP contribution in [-0.4, -0.2) is 48.8 Å². The number of nitrogens with zero attached hydrogens (tertiary/aromatic N) is 4. The topological polar surface area (TPSA) is 74.8 Å². The van der Waals surface area contributed by atoms with Crippen LogP contribution < -0.4 is 0 Å². The lowest BCUT2D eigenvalue weighted by atomic mass is 9.98. The van der Waals surface area contributed by atoms with E-state index in [-0.39, 0.29) is 5.91 Å². The van der Waals surface area contributed by atoms with E-state index < -0.39 is 0 Å². The van der Waals surface area contributed by atoms with Gasteiger partial charge in [-0.15, -0.1) is 10.2 Å². The smallest absolute Gasteiger partial charge is 0.233 e. The van der Waals surface area contributed by atoms with Gasteiger partial charge in [0.05, 0.1) is 5.75 Å². The molecule has 1 fully saturated rings. The molecule has 0 bridgehead atoms. The van der Waals surface area contributed by atoms with Gasteiger partial charge in [-0.25, -0.2) is 4.98 Å². The van der Waals surface area contributed by atoms with Gasteiger partial charge in [-0.1, -0.05) is 27.7 Å².